The number of nitrogens with zero attached hydrogens (tertiary/aromatic N) is 2. The summed E-state index contributed by atoms with van der Waals surface area (Å²) in [5.74, 6) is 1.88. The minimum Gasteiger partial charge on any atom is -0.391 e. The lowest BCUT2D eigenvalue weighted by atomic mass is 10.4. The summed E-state index contributed by atoms with van der Waals surface area (Å²) in [6.45, 7) is 4.47. The Hall–Kier alpha value is -0.610. The van der Waals surface area contributed by atoms with E-state index in [0.717, 1.165) is 27.5 Å². The smallest absolute Gasteiger partial charge is 0.185 e. The van der Waals surface area contributed by atoms with E-state index < -0.39 is 0 Å². The molecule has 2 aliphatic rings. The van der Waals surface area contributed by atoms with Gasteiger partial charge in [-0.15, -0.1) is 0 Å². The topological polar surface area (TPSA) is 36.4 Å². The van der Waals surface area contributed by atoms with Gasteiger partial charge in [0.25, 0.3) is 0 Å². The van der Waals surface area contributed by atoms with E-state index in [-0.39, 0.29) is 6.61 Å². The normalized spacial score (nSPS) is 29.4. The molecule has 2 atom stereocenters. The average Bonchev–Trinajstić information content (AvgIpc) is 2.62. The summed E-state index contributed by atoms with van der Waals surface area (Å²) in [5, 5.41) is 10.2. The molecule has 1 saturated carbocycles. The molecule has 1 aliphatic carbocycles. The van der Waals surface area contributed by atoms with Crippen LogP contribution in [0.25, 0.3) is 0 Å². The third kappa shape index (κ3) is 1.25. The first-order valence-electron chi connectivity index (χ1n) is 5.10. The molecule has 2 unspecified atom stereocenters. The van der Waals surface area contributed by atoms with Crippen molar-refractivity contribution in [1.82, 2.24) is 4.98 Å². The van der Waals surface area contributed by atoms with Crippen molar-refractivity contribution >= 4 is 16.5 Å². The number of fused-ring (bicyclic) bond motifs is 1. The lowest BCUT2D eigenvalue weighted by Gasteiger charge is -2.15. The molecule has 4 heteroatoms. The number of aromatic nitrogens is 1. The molecule has 0 radical (unpaired) electrons. The van der Waals surface area contributed by atoms with Crippen LogP contribution in [0.15, 0.2) is 0 Å². The zero-order valence-corrected chi connectivity index (χ0v) is 9.05. The van der Waals surface area contributed by atoms with Crippen LogP contribution in [-0.4, -0.2) is 23.2 Å². The van der Waals surface area contributed by atoms with Gasteiger partial charge in [0.15, 0.2) is 5.13 Å². The van der Waals surface area contributed by atoms with E-state index in [1.807, 2.05) is 6.92 Å². The number of piperidine rings is 1. The number of thiazole rings is 1. The van der Waals surface area contributed by atoms with Crippen LogP contribution in [0.1, 0.15) is 17.0 Å². The molecule has 14 heavy (non-hydrogen) atoms. The van der Waals surface area contributed by atoms with Crippen LogP contribution in [0.5, 0.6) is 0 Å². The second-order valence-electron chi connectivity index (χ2n) is 4.32. The van der Waals surface area contributed by atoms with E-state index in [1.54, 1.807) is 11.3 Å². The molecule has 1 aliphatic heterocycles. The number of aryl methyl sites for hydroxylation is 1. The van der Waals surface area contributed by atoms with Gasteiger partial charge < -0.3 is 10.0 Å². The van der Waals surface area contributed by atoms with Crippen molar-refractivity contribution in [2.24, 2.45) is 11.8 Å². The molecule has 1 aromatic rings. The van der Waals surface area contributed by atoms with Crippen molar-refractivity contribution in [2.45, 2.75) is 20.0 Å². The summed E-state index contributed by atoms with van der Waals surface area (Å²) in [6, 6.07) is 0. The number of aliphatic hydroxyl groups excluding tert-OH is 1. The minimum absolute atomic E-state index is 0.129. The molecule has 1 saturated heterocycles. The fraction of sp³-hybridized carbons (Fsp3) is 0.700. The van der Waals surface area contributed by atoms with Crippen molar-refractivity contribution < 1.29 is 5.11 Å². The Kier molecular flexibility index (Phi) is 1.82. The van der Waals surface area contributed by atoms with Crippen LogP contribution in [0.2, 0.25) is 0 Å². The lowest BCUT2D eigenvalue weighted by Crippen LogP contribution is -2.21. The summed E-state index contributed by atoms with van der Waals surface area (Å²) in [5.41, 5.74) is 0.994. The first-order valence-corrected chi connectivity index (χ1v) is 5.91. The molecular weight excluding hydrogens is 196 g/mol. The number of aliphatic hydroxyl groups is 1. The van der Waals surface area contributed by atoms with Crippen LogP contribution in [0, 0.1) is 18.8 Å². The second-order valence-corrected chi connectivity index (χ2v) is 5.39. The van der Waals surface area contributed by atoms with Gasteiger partial charge in [-0.3, -0.25) is 0 Å². The van der Waals surface area contributed by atoms with E-state index >= 15 is 0 Å². The largest absolute Gasteiger partial charge is 0.391 e. The van der Waals surface area contributed by atoms with Gasteiger partial charge in [-0.05, 0) is 25.2 Å². The van der Waals surface area contributed by atoms with Crippen LogP contribution in [-0.2, 0) is 6.61 Å². The molecule has 0 spiro atoms. The van der Waals surface area contributed by atoms with Gasteiger partial charge in [-0.25, -0.2) is 4.98 Å². The number of hydrogen-bond donors (Lipinski definition) is 1. The lowest BCUT2D eigenvalue weighted by molar-refractivity contribution is 0.284. The maximum atomic E-state index is 9.09. The van der Waals surface area contributed by atoms with Crippen molar-refractivity contribution in [3.05, 3.63) is 10.6 Å². The maximum absolute atomic E-state index is 9.09. The van der Waals surface area contributed by atoms with Crippen molar-refractivity contribution in [3.63, 3.8) is 0 Å². The van der Waals surface area contributed by atoms with Gasteiger partial charge in [0, 0.05) is 13.1 Å². The van der Waals surface area contributed by atoms with Crippen LogP contribution < -0.4 is 4.90 Å². The summed E-state index contributed by atoms with van der Waals surface area (Å²) in [6.07, 6.45) is 1.42. The van der Waals surface area contributed by atoms with Gasteiger partial charge in [0.1, 0.15) is 0 Å². The Morgan fingerprint density at radius 1 is 1.50 bits per heavy atom. The molecule has 3 nitrogen and oxygen atoms in total. The minimum atomic E-state index is 0.129. The quantitative estimate of drug-likeness (QED) is 0.801. The van der Waals surface area contributed by atoms with Crippen molar-refractivity contribution in [3.8, 4) is 0 Å². The molecule has 1 N–H and O–H groups in total. The van der Waals surface area contributed by atoms with Crippen LogP contribution >= 0.6 is 11.3 Å². The molecule has 1 aromatic heterocycles. The van der Waals surface area contributed by atoms with E-state index in [2.05, 4.69) is 9.88 Å². The number of anilines is 1. The van der Waals surface area contributed by atoms with E-state index in [1.165, 1.54) is 19.5 Å². The monoisotopic (exact) mass is 210 g/mol. The Labute approximate surface area is 87.4 Å². The van der Waals surface area contributed by atoms with E-state index in [4.69, 9.17) is 5.11 Å². The predicted molar refractivity (Wildman–Crippen MR) is 56.6 cm³/mol. The Bertz CT molecular complexity index is 353. The van der Waals surface area contributed by atoms with Gasteiger partial charge in [0.05, 0.1) is 17.2 Å². The highest BCUT2D eigenvalue weighted by Crippen LogP contribution is 2.47. The molecular formula is C10H14N2OS. The van der Waals surface area contributed by atoms with Crippen molar-refractivity contribution in [1.29, 1.82) is 0 Å². The summed E-state index contributed by atoms with van der Waals surface area (Å²) >= 11 is 1.64. The fourth-order valence-electron chi connectivity index (χ4n) is 2.25. The Balaban J connectivity index is 1.82. The molecule has 2 fully saturated rings. The third-order valence-electron chi connectivity index (χ3n) is 3.27. The maximum Gasteiger partial charge on any atom is 0.185 e. The highest BCUT2D eigenvalue weighted by molar-refractivity contribution is 7.15. The highest BCUT2D eigenvalue weighted by atomic mass is 32.1. The molecule has 2 heterocycles. The fourth-order valence-corrected chi connectivity index (χ4v) is 3.19. The Morgan fingerprint density at radius 2 is 2.21 bits per heavy atom. The summed E-state index contributed by atoms with van der Waals surface area (Å²) in [7, 11) is 0. The Morgan fingerprint density at radius 3 is 2.79 bits per heavy atom. The summed E-state index contributed by atoms with van der Waals surface area (Å²) in [4.78, 5) is 7.89. The van der Waals surface area contributed by atoms with E-state index in [0.29, 0.717) is 0 Å². The standard InChI is InChI=1S/C10H14N2OS/c1-6-9(5-13)14-10(11-6)12-3-7-2-8(7)4-12/h7-8,13H,2-5H2,1H3. The highest BCUT2D eigenvalue weighted by Gasteiger charge is 2.45. The van der Waals surface area contributed by atoms with Crippen molar-refractivity contribution in [2.75, 3.05) is 18.0 Å². The zero-order chi connectivity index (χ0) is 9.71. The van der Waals surface area contributed by atoms with Gasteiger partial charge in [-0.1, -0.05) is 11.3 Å². The molecule has 0 aromatic carbocycles. The first kappa shape index (κ1) is 8.68. The van der Waals surface area contributed by atoms with E-state index in [9.17, 15) is 0 Å². The predicted octanol–water partition coefficient (Wildman–Crippen LogP) is 1.40. The summed E-state index contributed by atoms with van der Waals surface area (Å²) < 4.78 is 0. The average molecular weight is 210 g/mol. The molecule has 76 valence electrons. The molecule has 3 rings (SSSR count). The van der Waals surface area contributed by atoms with Gasteiger partial charge in [-0.2, -0.15) is 0 Å². The third-order valence-corrected chi connectivity index (χ3v) is 4.48. The first-order chi connectivity index (χ1) is 6.78. The van der Waals surface area contributed by atoms with Crippen LogP contribution in [0.3, 0.4) is 0 Å². The molecule has 0 bridgehead atoms. The van der Waals surface area contributed by atoms with Gasteiger partial charge in [0.2, 0.25) is 0 Å². The number of rotatable bonds is 2. The molecule has 0 amide bonds. The SMILES string of the molecule is Cc1nc(N2CC3CC3C2)sc1CO. The van der Waals surface area contributed by atoms with Crippen LogP contribution in [0.4, 0.5) is 5.13 Å². The number of hydrogen-bond acceptors (Lipinski definition) is 4. The van der Waals surface area contributed by atoms with Gasteiger partial charge >= 0.3 is 0 Å². The second kappa shape index (κ2) is 2.94. The zero-order valence-electron chi connectivity index (χ0n) is 8.23.